The number of hydrogen-bond donors (Lipinski definition) is 1. The summed E-state index contributed by atoms with van der Waals surface area (Å²) in [5, 5.41) is 2.64. The first-order valence-electron chi connectivity index (χ1n) is 11.8. The van der Waals surface area contributed by atoms with Gasteiger partial charge in [0.2, 0.25) is 0 Å². The molecule has 1 aromatic carbocycles. The molecular weight excluding hydrogens is 450 g/mol. The van der Waals surface area contributed by atoms with Gasteiger partial charge in [-0.05, 0) is 45.6 Å². The fourth-order valence-corrected chi connectivity index (χ4v) is 3.87. The average Bonchev–Trinajstić information content (AvgIpc) is 3.27. The van der Waals surface area contributed by atoms with E-state index in [9.17, 15) is 9.59 Å². The van der Waals surface area contributed by atoms with Crippen molar-refractivity contribution in [2.75, 3.05) is 6.61 Å². The number of hydrogen-bond acceptors (Lipinski definition) is 8. The molecule has 0 spiro atoms. The number of aromatic nitrogens is 4. The number of amides is 1. The van der Waals surface area contributed by atoms with Gasteiger partial charge in [0, 0.05) is 13.0 Å². The second kappa shape index (κ2) is 10.8. The van der Waals surface area contributed by atoms with Crippen LogP contribution in [0.2, 0.25) is 0 Å². The Bertz CT molecular complexity index is 1150. The summed E-state index contributed by atoms with van der Waals surface area (Å²) >= 11 is 0. The Morgan fingerprint density at radius 3 is 2.69 bits per heavy atom. The van der Waals surface area contributed by atoms with E-state index in [1.54, 1.807) is 27.1 Å². The average molecular weight is 482 g/mol. The van der Waals surface area contributed by atoms with Crippen molar-refractivity contribution in [2.45, 2.75) is 70.9 Å². The normalized spacial score (nSPS) is 17.1. The van der Waals surface area contributed by atoms with E-state index in [1.807, 2.05) is 34.9 Å². The Kier molecular flexibility index (Phi) is 7.60. The van der Waals surface area contributed by atoms with Gasteiger partial charge in [0.05, 0.1) is 12.0 Å². The van der Waals surface area contributed by atoms with Crippen molar-refractivity contribution in [1.29, 1.82) is 0 Å². The summed E-state index contributed by atoms with van der Waals surface area (Å²) in [6.45, 7) is 6.03. The smallest absolute Gasteiger partial charge is 0.408 e. The Labute approximate surface area is 204 Å². The van der Waals surface area contributed by atoms with Gasteiger partial charge < -0.3 is 19.5 Å². The van der Waals surface area contributed by atoms with E-state index in [4.69, 9.17) is 14.2 Å². The number of nitrogens with one attached hydrogen (secondary N) is 1. The molecule has 4 rings (SSSR count). The number of imidazole rings is 1. The lowest BCUT2D eigenvalue weighted by molar-refractivity contribution is -0.147. The van der Waals surface area contributed by atoms with E-state index in [2.05, 4.69) is 20.3 Å². The minimum atomic E-state index is -1.03. The van der Waals surface area contributed by atoms with Crippen LogP contribution in [0.1, 0.15) is 57.5 Å². The lowest BCUT2D eigenvalue weighted by atomic mass is 10.1. The Morgan fingerprint density at radius 2 is 1.97 bits per heavy atom. The zero-order valence-corrected chi connectivity index (χ0v) is 20.3. The molecule has 2 aromatic heterocycles. The third-order valence-electron chi connectivity index (χ3n) is 5.50. The highest BCUT2D eigenvalue weighted by Crippen LogP contribution is 2.26. The predicted molar refractivity (Wildman–Crippen MR) is 127 cm³/mol. The second-order valence-electron chi connectivity index (χ2n) is 9.46. The van der Waals surface area contributed by atoms with Gasteiger partial charge in [-0.2, -0.15) is 0 Å². The zero-order chi connectivity index (χ0) is 24.8. The topological polar surface area (TPSA) is 117 Å². The first-order valence-corrected chi connectivity index (χ1v) is 11.8. The summed E-state index contributed by atoms with van der Waals surface area (Å²) in [5.74, 6) is -0.596. The number of fused-ring (bicyclic) bond motifs is 1. The van der Waals surface area contributed by atoms with Crippen molar-refractivity contribution < 1.29 is 23.8 Å². The first kappa shape index (κ1) is 24.6. The molecule has 186 valence electrons. The maximum Gasteiger partial charge on any atom is 0.408 e. The van der Waals surface area contributed by atoms with Crippen LogP contribution in [0.15, 0.2) is 43.0 Å². The standard InChI is InChI=1S/C25H31N5O5/c1-25(2,3)35-24(32)29-19(23(31)34-14-17-9-5-4-6-10-17)13-18-21-22(27-15-26-18)30(16-28-21)20-11-7-8-12-33-20/h4-6,9-10,15-16,19-20H,7-8,11-14H2,1-3H3,(H,29,32)/t19-,20?/m0/s1. The maximum atomic E-state index is 13.0. The summed E-state index contributed by atoms with van der Waals surface area (Å²) in [6, 6.07) is 8.31. The van der Waals surface area contributed by atoms with Crippen LogP contribution in [-0.2, 0) is 32.0 Å². The molecule has 10 nitrogen and oxygen atoms in total. The van der Waals surface area contributed by atoms with Crippen molar-refractivity contribution in [3.05, 3.63) is 54.2 Å². The SMILES string of the molecule is CC(C)(C)OC(=O)N[C@@H](Cc1ncnc2c1ncn2C1CCCCO1)C(=O)OCc1ccccc1. The van der Waals surface area contributed by atoms with Crippen LogP contribution in [0.3, 0.4) is 0 Å². The summed E-state index contributed by atoms with van der Waals surface area (Å²) in [7, 11) is 0. The zero-order valence-electron chi connectivity index (χ0n) is 20.3. The van der Waals surface area contributed by atoms with E-state index in [1.165, 1.54) is 6.33 Å². The highest BCUT2D eigenvalue weighted by atomic mass is 16.6. The fourth-order valence-electron chi connectivity index (χ4n) is 3.87. The van der Waals surface area contributed by atoms with Crippen LogP contribution >= 0.6 is 0 Å². The number of alkyl carbamates (subject to hydrolysis) is 1. The summed E-state index contributed by atoms with van der Waals surface area (Å²) in [5.41, 5.74) is 1.81. The monoisotopic (exact) mass is 481 g/mol. The summed E-state index contributed by atoms with van der Waals surface area (Å²) < 4.78 is 18.6. The number of esters is 1. The Balaban J connectivity index is 1.55. The number of nitrogens with zero attached hydrogens (tertiary/aromatic N) is 4. The number of carbonyl (C=O) groups excluding carboxylic acids is 2. The lowest BCUT2D eigenvalue weighted by Crippen LogP contribution is -2.45. The fraction of sp³-hybridized carbons (Fsp3) is 0.480. The van der Waals surface area contributed by atoms with Crippen LogP contribution in [0, 0.1) is 0 Å². The van der Waals surface area contributed by atoms with Crippen molar-refractivity contribution in [2.24, 2.45) is 0 Å². The number of carbonyl (C=O) groups is 2. The van der Waals surface area contributed by atoms with Gasteiger partial charge in [-0.15, -0.1) is 0 Å². The van der Waals surface area contributed by atoms with Gasteiger partial charge in [0.1, 0.15) is 36.3 Å². The molecule has 1 aliphatic heterocycles. The van der Waals surface area contributed by atoms with Crippen molar-refractivity contribution in [3.8, 4) is 0 Å². The molecule has 1 amide bonds. The van der Waals surface area contributed by atoms with E-state index in [0.29, 0.717) is 23.5 Å². The van der Waals surface area contributed by atoms with Crippen LogP contribution in [0.4, 0.5) is 4.79 Å². The molecule has 0 saturated carbocycles. The molecule has 1 saturated heterocycles. The molecule has 3 aromatic rings. The van der Waals surface area contributed by atoms with Crippen molar-refractivity contribution >= 4 is 23.2 Å². The van der Waals surface area contributed by atoms with E-state index < -0.39 is 23.7 Å². The lowest BCUT2D eigenvalue weighted by Gasteiger charge is -2.24. The van der Waals surface area contributed by atoms with Crippen LogP contribution in [-0.4, -0.2) is 49.8 Å². The minimum absolute atomic E-state index is 0.0639. The molecule has 0 bridgehead atoms. The molecule has 35 heavy (non-hydrogen) atoms. The van der Waals surface area contributed by atoms with Gasteiger partial charge >= 0.3 is 12.1 Å². The van der Waals surface area contributed by atoms with Crippen LogP contribution < -0.4 is 5.32 Å². The van der Waals surface area contributed by atoms with Gasteiger partial charge in [0.25, 0.3) is 0 Å². The van der Waals surface area contributed by atoms with Crippen LogP contribution in [0.5, 0.6) is 0 Å². The molecule has 1 unspecified atom stereocenters. The van der Waals surface area contributed by atoms with Crippen LogP contribution in [0.25, 0.3) is 11.2 Å². The molecule has 10 heteroatoms. The Morgan fingerprint density at radius 1 is 1.17 bits per heavy atom. The minimum Gasteiger partial charge on any atom is -0.459 e. The molecule has 3 heterocycles. The highest BCUT2D eigenvalue weighted by molar-refractivity contribution is 5.83. The molecule has 0 aliphatic carbocycles. The highest BCUT2D eigenvalue weighted by Gasteiger charge is 2.28. The molecule has 1 fully saturated rings. The van der Waals surface area contributed by atoms with Crippen molar-refractivity contribution in [3.63, 3.8) is 0 Å². The molecule has 1 aliphatic rings. The molecule has 2 atom stereocenters. The van der Waals surface area contributed by atoms with Crippen molar-refractivity contribution in [1.82, 2.24) is 24.8 Å². The van der Waals surface area contributed by atoms with Gasteiger partial charge in [-0.3, -0.25) is 4.57 Å². The summed E-state index contributed by atoms with van der Waals surface area (Å²) in [6.07, 6.45) is 5.30. The van der Waals surface area contributed by atoms with Gasteiger partial charge in [-0.1, -0.05) is 30.3 Å². The maximum absolute atomic E-state index is 13.0. The van der Waals surface area contributed by atoms with Gasteiger partial charge in [0.15, 0.2) is 5.65 Å². The molecule has 0 radical (unpaired) electrons. The number of benzene rings is 1. The third-order valence-corrected chi connectivity index (χ3v) is 5.50. The summed E-state index contributed by atoms with van der Waals surface area (Å²) in [4.78, 5) is 38.8. The largest absolute Gasteiger partial charge is 0.459 e. The van der Waals surface area contributed by atoms with E-state index in [-0.39, 0.29) is 19.3 Å². The number of ether oxygens (including phenoxy) is 3. The number of rotatable bonds is 7. The van der Waals surface area contributed by atoms with E-state index >= 15 is 0 Å². The first-order chi connectivity index (χ1) is 16.8. The predicted octanol–water partition coefficient (Wildman–Crippen LogP) is 3.70. The quantitative estimate of drug-likeness (QED) is 0.508. The second-order valence-corrected chi connectivity index (χ2v) is 9.46. The Hall–Kier alpha value is -3.53. The third kappa shape index (κ3) is 6.54. The van der Waals surface area contributed by atoms with E-state index in [0.717, 1.165) is 24.8 Å². The van der Waals surface area contributed by atoms with Gasteiger partial charge in [-0.25, -0.2) is 24.5 Å². The molecule has 1 N–H and O–H groups in total. The molecular formula is C25H31N5O5.